The van der Waals surface area contributed by atoms with E-state index in [0.717, 1.165) is 12.0 Å². The second-order valence-electron chi connectivity index (χ2n) is 2.42. The molecule has 0 aliphatic heterocycles. The highest BCUT2D eigenvalue weighted by atomic mass is 14.2. The molecule has 1 aromatic rings. The molecule has 0 amide bonds. The molecule has 0 fully saturated rings. The van der Waals surface area contributed by atoms with Gasteiger partial charge >= 0.3 is 0 Å². The van der Waals surface area contributed by atoms with Crippen LogP contribution < -0.4 is 0 Å². The van der Waals surface area contributed by atoms with Crippen LogP contribution in [0.25, 0.3) is 6.08 Å². The molecule has 0 N–H and O–H groups in total. The van der Waals surface area contributed by atoms with Gasteiger partial charge in [-0.1, -0.05) is 24.3 Å². The Morgan fingerprint density at radius 3 is 2.50 bits per heavy atom. The van der Waals surface area contributed by atoms with E-state index < -0.39 is 0 Å². The number of allylic oxidation sites excluding steroid dienone is 1. The molecule has 0 aliphatic carbocycles. The first-order valence-electron chi connectivity index (χ1n) is 3.83. The lowest BCUT2D eigenvalue weighted by Crippen LogP contribution is -1.74. The van der Waals surface area contributed by atoms with Crippen LogP contribution in [0.2, 0.25) is 0 Å². The molecule has 0 spiro atoms. The average molecular weight is 156 g/mol. The average Bonchev–Trinajstić information content (AvgIpc) is 2.15. The van der Waals surface area contributed by atoms with Crippen LogP contribution in [0.5, 0.6) is 0 Å². The Bertz CT molecular complexity index is 301. The van der Waals surface area contributed by atoms with Crippen LogP contribution >= 0.6 is 0 Å². The predicted molar refractivity (Wildman–Crippen MR) is 50.2 cm³/mol. The van der Waals surface area contributed by atoms with Crippen molar-refractivity contribution in [3.8, 4) is 6.07 Å². The van der Waals surface area contributed by atoms with Crippen molar-refractivity contribution < 1.29 is 0 Å². The SMILES string of the molecule is [CH2]C/C=C/c1ccc(C#N)cc1. The normalized spacial score (nSPS) is 10.0. The number of nitriles is 1. The van der Waals surface area contributed by atoms with Crippen molar-refractivity contribution in [2.75, 3.05) is 0 Å². The maximum Gasteiger partial charge on any atom is 0.0991 e. The van der Waals surface area contributed by atoms with E-state index in [0.29, 0.717) is 5.56 Å². The molecule has 1 aromatic carbocycles. The molecule has 0 aliphatic rings. The summed E-state index contributed by atoms with van der Waals surface area (Å²) in [7, 11) is 0. The molecule has 0 atom stereocenters. The Balaban J connectivity index is 2.80. The van der Waals surface area contributed by atoms with Crippen LogP contribution in [0.15, 0.2) is 30.3 Å². The van der Waals surface area contributed by atoms with Crippen molar-refractivity contribution in [2.24, 2.45) is 0 Å². The molecule has 1 heteroatoms. The summed E-state index contributed by atoms with van der Waals surface area (Å²) in [6, 6.07) is 9.53. The van der Waals surface area contributed by atoms with E-state index in [4.69, 9.17) is 5.26 Å². The van der Waals surface area contributed by atoms with E-state index in [1.807, 2.05) is 36.4 Å². The van der Waals surface area contributed by atoms with Gasteiger partial charge in [0.15, 0.2) is 0 Å². The zero-order valence-electron chi connectivity index (χ0n) is 6.83. The summed E-state index contributed by atoms with van der Waals surface area (Å²) >= 11 is 0. The van der Waals surface area contributed by atoms with Gasteiger partial charge in [-0.15, -0.1) is 0 Å². The summed E-state index contributed by atoms with van der Waals surface area (Å²) in [6.45, 7) is 3.70. The van der Waals surface area contributed by atoms with E-state index in [1.165, 1.54) is 0 Å². The van der Waals surface area contributed by atoms with Crippen LogP contribution in [0.4, 0.5) is 0 Å². The highest BCUT2D eigenvalue weighted by Crippen LogP contribution is 2.05. The van der Waals surface area contributed by atoms with E-state index in [1.54, 1.807) is 0 Å². The van der Waals surface area contributed by atoms with Crippen LogP contribution in [0.3, 0.4) is 0 Å². The van der Waals surface area contributed by atoms with Gasteiger partial charge in [0.2, 0.25) is 0 Å². The minimum absolute atomic E-state index is 0.696. The van der Waals surface area contributed by atoms with Crippen LogP contribution in [0.1, 0.15) is 17.5 Å². The van der Waals surface area contributed by atoms with Gasteiger partial charge in [0.1, 0.15) is 0 Å². The summed E-state index contributed by atoms with van der Waals surface area (Å²) in [4.78, 5) is 0. The third-order valence-electron chi connectivity index (χ3n) is 1.52. The molecule has 1 radical (unpaired) electrons. The Morgan fingerprint density at radius 2 is 2.00 bits per heavy atom. The van der Waals surface area contributed by atoms with Crippen molar-refractivity contribution in [1.82, 2.24) is 0 Å². The highest BCUT2D eigenvalue weighted by Gasteiger charge is 1.87. The molecule has 59 valence electrons. The number of hydrogen-bond donors (Lipinski definition) is 0. The molecule has 0 bridgehead atoms. The van der Waals surface area contributed by atoms with Crippen molar-refractivity contribution in [3.63, 3.8) is 0 Å². The quantitative estimate of drug-likeness (QED) is 0.645. The third-order valence-corrected chi connectivity index (χ3v) is 1.52. The molecule has 0 heterocycles. The minimum atomic E-state index is 0.696. The fourth-order valence-corrected chi connectivity index (χ4v) is 0.888. The minimum Gasteiger partial charge on any atom is -0.192 e. The van der Waals surface area contributed by atoms with E-state index in [9.17, 15) is 0 Å². The zero-order valence-corrected chi connectivity index (χ0v) is 6.83. The van der Waals surface area contributed by atoms with Crippen molar-refractivity contribution in [2.45, 2.75) is 6.42 Å². The van der Waals surface area contributed by atoms with Gasteiger partial charge in [-0.3, -0.25) is 0 Å². The van der Waals surface area contributed by atoms with Crippen LogP contribution in [-0.2, 0) is 0 Å². The van der Waals surface area contributed by atoms with Gasteiger partial charge in [-0.05, 0) is 31.0 Å². The fourth-order valence-electron chi connectivity index (χ4n) is 0.888. The van der Waals surface area contributed by atoms with Gasteiger partial charge in [-0.2, -0.15) is 5.26 Å². The van der Waals surface area contributed by atoms with Gasteiger partial charge in [0, 0.05) is 0 Å². The van der Waals surface area contributed by atoms with Gasteiger partial charge < -0.3 is 0 Å². The Hall–Kier alpha value is -1.55. The zero-order chi connectivity index (χ0) is 8.81. The third kappa shape index (κ3) is 2.25. The van der Waals surface area contributed by atoms with Crippen LogP contribution in [0, 0.1) is 18.3 Å². The van der Waals surface area contributed by atoms with Gasteiger partial charge in [0.25, 0.3) is 0 Å². The largest absolute Gasteiger partial charge is 0.192 e. The first-order valence-corrected chi connectivity index (χ1v) is 3.83. The Morgan fingerprint density at radius 1 is 1.33 bits per heavy atom. The van der Waals surface area contributed by atoms with Crippen molar-refractivity contribution >= 4 is 6.08 Å². The number of nitrogens with zero attached hydrogens (tertiary/aromatic N) is 1. The number of hydrogen-bond acceptors (Lipinski definition) is 1. The van der Waals surface area contributed by atoms with Gasteiger partial charge in [0.05, 0.1) is 11.6 Å². The van der Waals surface area contributed by atoms with Gasteiger partial charge in [-0.25, -0.2) is 0 Å². The molecular formula is C11H10N. The molecule has 0 unspecified atom stereocenters. The standard InChI is InChI=1S/C11H10N/c1-2-3-4-10-5-7-11(9-12)8-6-10/h3-8H,1-2H2/b4-3+. The molecule has 0 saturated carbocycles. The lowest BCUT2D eigenvalue weighted by atomic mass is 10.1. The topological polar surface area (TPSA) is 23.8 Å². The first-order chi connectivity index (χ1) is 5.86. The molecule has 1 rings (SSSR count). The summed E-state index contributed by atoms with van der Waals surface area (Å²) in [6.07, 6.45) is 4.77. The fraction of sp³-hybridized carbons (Fsp3) is 0.0909. The van der Waals surface area contributed by atoms with E-state index in [-0.39, 0.29) is 0 Å². The monoisotopic (exact) mass is 156 g/mol. The molecule has 12 heavy (non-hydrogen) atoms. The maximum absolute atomic E-state index is 8.53. The van der Waals surface area contributed by atoms with E-state index in [2.05, 4.69) is 13.0 Å². The highest BCUT2D eigenvalue weighted by molar-refractivity contribution is 5.50. The van der Waals surface area contributed by atoms with Crippen molar-refractivity contribution in [1.29, 1.82) is 5.26 Å². The molecule has 1 nitrogen and oxygen atoms in total. The lowest BCUT2D eigenvalue weighted by Gasteiger charge is -1.91. The smallest absolute Gasteiger partial charge is 0.0991 e. The summed E-state index contributed by atoms with van der Waals surface area (Å²) in [5, 5.41) is 8.53. The van der Waals surface area contributed by atoms with E-state index >= 15 is 0 Å². The number of benzene rings is 1. The summed E-state index contributed by atoms with van der Waals surface area (Å²) < 4.78 is 0. The van der Waals surface area contributed by atoms with Crippen molar-refractivity contribution in [3.05, 3.63) is 48.4 Å². The lowest BCUT2D eigenvalue weighted by molar-refractivity contribution is 1.41. The summed E-state index contributed by atoms with van der Waals surface area (Å²) in [5.41, 5.74) is 1.81. The van der Waals surface area contributed by atoms with Crippen LogP contribution in [-0.4, -0.2) is 0 Å². The predicted octanol–water partition coefficient (Wildman–Crippen LogP) is 2.80. The Labute approximate surface area is 73.0 Å². The molecule has 0 aromatic heterocycles. The molecule has 0 saturated heterocycles. The first kappa shape index (κ1) is 8.55. The Kier molecular flexibility index (Phi) is 3.10. The maximum atomic E-state index is 8.53. The second-order valence-corrected chi connectivity index (χ2v) is 2.42. The number of rotatable bonds is 2. The second kappa shape index (κ2) is 4.35. The molecular weight excluding hydrogens is 146 g/mol. The summed E-state index contributed by atoms with van der Waals surface area (Å²) in [5.74, 6) is 0.